The van der Waals surface area contributed by atoms with Gasteiger partial charge < -0.3 is 15.0 Å². The summed E-state index contributed by atoms with van der Waals surface area (Å²) >= 11 is 0. The summed E-state index contributed by atoms with van der Waals surface area (Å²) in [6.45, 7) is 6.61. The number of carbonyl (C=O) groups is 2. The van der Waals surface area contributed by atoms with Crippen LogP contribution < -0.4 is 15.0 Å². The highest BCUT2D eigenvalue weighted by molar-refractivity contribution is 6.00. The van der Waals surface area contributed by atoms with Gasteiger partial charge in [0.1, 0.15) is 12.4 Å². The molecule has 0 fully saturated rings. The van der Waals surface area contributed by atoms with Crippen LogP contribution in [0.1, 0.15) is 39.2 Å². The van der Waals surface area contributed by atoms with Crippen molar-refractivity contribution in [1.29, 1.82) is 0 Å². The average Bonchev–Trinajstić information content (AvgIpc) is 2.77. The molecule has 3 rings (SSSR count). The zero-order valence-electron chi connectivity index (χ0n) is 16.8. The predicted molar refractivity (Wildman–Crippen MR) is 112 cm³/mol. The van der Waals surface area contributed by atoms with Gasteiger partial charge in [0.2, 0.25) is 11.8 Å². The highest BCUT2D eigenvalue weighted by Crippen LogP contribution is 2.38. The van der Waals surface area contributed by atoms with Gasteiger partial charge in [0.15, 0.2) is 0 Å². The van der Waals surface area contributed by atoms with Crippen LogP contribution in [0.3, 0.4) is 0 Å². The first-order valence-electron chi connectivity index (χ1n) is 9.83. The second kappa shape index (κ2) is 8.46. The number of aryl methyl sites for hydroxylation is 1. The van der Waals surface area contributed by atoms with Crippen LogP contribution in [-0.4, -0.2) is 25.0 Å². The van der Waals surface area contributed by atoms with E-state index in [1.165, 1.54) is 5.56 Å². The number of carbonyl (C=O) groups excluding carboxylic acids is 2. The Morgan fingerprint density at radius 3 is 2.64 bits per heavy atom. The fraction of sp³-hybridized carbons (Fsp3) is 0.391. The fourth-order valence-electron chi connectivity index (χ4n) is 3.36. The quantitative estimate of drug-likeness (QED) is 0.807. The predicted octanol–water partition coefficient (Wildman–Crippen LogP) is 4.42. The van der Waals surface area contributed by atoms with E-state index < -0.39 is 5.41 Å². The summed E-state index contributed by atoms with van der Waals surface area (Å²) < 4.78 is 5.91. The molecule has 0 spiro atoms. The molecule has 1 heterocycles. The molecule has 0 saturated carbocycles. The summed E-state index contributed by atoms with van der Waals surface area (Å²) in [4.78, 5) is 26.8. The molecule has 0 saturated heterocycles. The summed E-state index contributed by atoms with van der Waals surface area (Å²) in [6.07, 6.45) is 2.13. The molecule has 0 unspecified atom stereocenters. The molecule has 1 aliphatic rings. The number of nitrogens with zero attached hydrogens (tertiary/aromatic N) is 1. The van der Waals surface area contributed by atoms with Gasteiger partial charge in [0.25, 0.3) is 0 Å². The first-order chi connectivity index (χ1) is 13.4. The Labute approximate surface area is 166 Å². The van der Waals surface area contributed by atoms with Crippen molar-refractivity contribution >= 4 is 23.2 Å². The van der Waals surface area contributed by atoms with E-state index in [1.54, 1.807) is 4.90 Å². The lowest BCUT2D eigenvalue weighted by molar-refractivity contribution is -0.127. The third-order valence-electron chi connectivity index (χ3n) is 4.98. The van der Waals surface area contributed by atoms with E-state index in [9.17, 15) is 9.59 Å². The Bertz CT molecular complexity index is 846. The van der Waals surface area contributed by atoms with Gasteiger partial charge in [-0.05, 0) is 51.3 Å². The third-order valence-corrected chi connectivity index (χ3v) is 4.98. The van der Waals surface area contributed by atoms with Crippen LogP contribution >= 0.6 is 0 Å². The number of hydrogen-bond donors (Lipinski definition) is 1. The van der Waals surface area contributed by atoms with Gasteiger partial charge in [-0.2, -0.15) is 0 Å². The number of rotatable bonds is 6. The van der Waals surface area contributed by atoms with Gasteiger partial charge in [0, 0.05) is 24.7 Å². The molecule has 5 nitrogen and oxygen atoms in total. The first kappa shape index (κ1) is 19.9. The second-order valence-corrected chi connectivity index (χ2v) is 7.79. The number of hydrogen-bond acceptors (Lipinski definition) is 3. The van der Waals surface area contributed by atoms with Crippen molar-refractivity contribution in [1.82, 2.24) is 0 Å². The van der Waals surface area contributed by atoms with E-state index in [0.29, 0.717) is 31.0 Å². The molecule has 148 valence electrons. The van der Waals surface area contributed by atoms with Crippen molar-refractivity contribution in [2.45, 2.75) is 40.0 Å². The van der Waals surface area contributed by atoms with Crippen molar-refractivity contribution in [2.24, 2.45) is 5.41 Å². The number of anilines is 2. The lowest BCUT2D eigenvalue weighted by atomic mass is 9.93. The third kappa shape index (κ3) is 4.53. The maximum Gasteiger partial charge on any atom is 0.236 e. The fourth-order valence-corrected chi connectivity index (χ4v) is 3.36. The molecular weight excluding hydrogens is 352 g/mol. The molecular formula is C23H28N2O3. The normalized spacial score (nSPS) is 15.4. The molecule has 28 heavy (non-hydrogen) atoms. The highest BCUT2D eigenvalue weighted by Gasteiger charge is 2.37. The van der Waals surface area contributed by atoms with Crippen molar-refractivity contribution in [3.05, 3.63) is 54.1 Å². The van der Waals surface area contributed by atoms with Crippen LogP contribution in [0, 0.1) is 5.41 Å². The molecule has 2 amide bonds. The van der Waals surface area contributed by atoms with E-state index in [0.717, 1.165) is 18.5 Å². The van der Waals surface area contributed by atoms with Crippen molar-refractivity contribution in [3.63, 3.8) is 0 Å². The molecule has 2 aromatic rings. The van der Waals surface area contributed by atoms with E-state index in [1.807, 2.05) is 57.2 Å². The van der Waals surface area contributed by atoms with Gasteiger partial charge in [-0.15, -0.1) is 0 Å². The summed E-state index contributed by atoms with van der Waals surface area (Å²) in [7, 11) is 0. The number of ether oxygens (including phenoxy) is 1. The van der Waals surface area contributed by atoms with Gasteiger partial charge in [-0.3, -0.25) is 9.59 Å². The second-order valence-electron chi connectivity index (χ2n) is 7.79. The molecule has 0 radical (unpaired) electrons. The number of benzene rings is 2. The zero-order chi connectivity index (χ0) is 20.1. The van der Waals surface area contributed by atoms with Crippen molar-refractivity contribution in [3.8, 4) is 5.75 Å². The number of amides is 2. The molecule has 0 bridgehead atoms. The van der Waals surface area contributed by atoms with Crippen LogP contribution in [0.4, 0.5) is 11.4 Å². The summed E-state index contributed by atoms with van der Waals surface area (Å²) in [5.41, 5.74) is 2.09. The molecule has 1 N–H and O–H groups in total. The van der Waals surface area contributed by atoms with Gasteiger partial charge in [-0.1, -0.05) is 30.3 Å². The summed E-state index contributed by atoms with van der Waals surface area (Å²) in [5.74, 6) is 0.655. The van der Waals surface area contributed by atoms with Crippen LogP contribution in [0.2, 0.25) is 0 Å². The van der Waals surface area contributed by atoms with E-state index in [2.05, 4.69) is 17.4 Å². The number of fused-ring (bicyclic) bond motifs is 1. The van der Waals surface area contributed by atoms with Gasteiger partial charge in [0.05, 0.1) is 11.1 Å². The average molecular weight is 380 g/mol. The Morgan fingerprint density at radius 2 is 1.93 bits per heavy atom. The first-order valence-corrected chi connectivity index (χ1v) is 9.83. The SMILES string of the molecule is CCN1C(=O)C(C)(C)COc2cc(NC(=O)CCCc3ccccc3)ccc21. The molecule has 5 heteroatoms. The van der Waals surface area contributed by atoms with Crippen LogP contribution in [0.15, 0.2) is 48.5 Å². The van der Waals surface area contributed by atoms with Crippen LogP contribution in [-0.2, 0) is 16.0 Å². The minimum absolute atomic E-state index is 0.0201. The summed E-state index contributed by atoms with van der Waals surface area (Å²) in [5, 5.41) is 2.94. The van der Waals surface area contributed by atoms with Crippen molar-refractivity contribution in [2.75, 3.05) is 23.4 Å². The van der Waals surface area contributed by atoms with Gasteiger partial charge >= 0.3 is 0 Å². The van der Waals surface area contributed by atoms with Crippen LogP contribution in [0.5, 0.6) is 5.75 Å². The smallest absolute Gasteiger partial charge is 0.236 e. The molecule has 0 aliphatic carbocycles. The molecule has 2 aromatic carbocycles. The molecule has 1 aliphatic heterocycles. The Kier molecular flexibility index (Phi) is 6.02. The standard InChI is InChI=1S/C23H28N2O3/c1-4-25-19-14-13-18(15-20(19)28-16-23(2,3)22(25)27)24-21(26)12-8-11-17-9-6-5-7-10-17/h5-7,9-10,13-15H,4,8,11-12,16H2,1-3H3,(H,24,26). The maximum atomic E-state index is 12.7. The number of nitrogens with one attached hydrogen (secondary N) is 1. The van der Waals surface area contributed by atoms with E-state index in [-0.39, 0.29) is 11.8 Å². The minimum atomic E-state index is -0.587. The Morgan fingerprint density at radius 1 is 1.18 bits per heavy atom. The topological polar surface area (TPSA) is 58.6 Å². The lowest BCUT2D eigenvalue weighted by Crippen LogP contribution is -2.42. The Hall–Kier alpha value is -2.82. The zero-order valence-corrected chi connectivity index (χ0v) is 16.8. The molecule has 0 aromatic heterocycles. The monoisotopic (exact) mass is 380 g/mol. The maximum absolute atomic E-state index is 12.7. The minimum Gasteiger partial charge on any atom is -0.490 e. The largest absolute Gasteiger partial charge is 0.490 e. The summed E-state index contributed by atoms with van der Waals surface area (Å²) in [6, 6.07) is 15.6. The van der Waals surface area contributed by atoms with E-state index in [4.69, 9.17) is 4.74 Å². The van der Waals surface area contributed by atoms with E-state index >= 15 is 0 Å². The Balaban J connectivity index is 1.64. The van der Waals surface area contributed by atoms with Crippen LogP contribution in [0.25, 0.3) is 0 Å². The highest BCUT2D eigenvalue weighted by atomic mass is 16.5. The lowest BCUT2D eigenvalue weighted by Gasteiger charge is -2.26. The molecule has 0 atom stereocenters. The van der Waals surface area contributed by atoms with Gasteiger partial charge in [-0.25, -0.2) is 0 Å². The van der Waals surface area contributed by atoms with Crippen molar-refractivity contribution < 1.29 is 14.3 Å².